The van der Waals surface area contributed by atoms with E-state index in [9.17, 15) is 0 Å². The Balaban J connectivity index is 1.25. The molecule has 9 rings (SSSR count). The number of nitrogens with zero attached hydrogens (tertiary/aromatic N) is 3. The second-order valence-corrected chi connectivity index (χ2v) is 12.7. The molecular weight excluding hydrogens is 558 g/mol. The molecule has 46 heavy (non-hydrogen) atoms. The van der Waals surface area contributed by atoms with Gasteiger partial charge in [-0.15, -0.1) is 0 Å². The molecule has 3 nitrogen and oxygen atoms in total. The maximum atomic E-state index is 5.18. The maximum absolute atomic E-state index is 5.18. The molecule has 3 heteroatoms. The first kappa shape index (κ1) is 26.6. The molecule has 0 saturated heterocycles. The highest BCUT2D eigenvalue weighted by molar-refractivity contribution is 6.10. The normalized spacial score (nSPS) is 13.2. The van der Waals surface area contributed by atoms with E-state index >= 15 is 0 Å². The molecule has 0 unspecified atom stereocenters. The topological polar surface area (TPSA) is 30.7 Å². The molecule has 218 valence electrons. The van der Waals surface area contributed by atoms with Crippen molar-refractivity contribution < 1.29 is 0 Å². The Bertz CT molecular complexity index is 2380. The molecule has 0 saturated carbocycles. The van der Waals surface area contributed by atoms with Crippen molar-refractivity contribution in [1.82, 2.24) is 14.5 Å². The van der Waals surface area contributed by atoms with Crippen LogP contribution in [0.5, 0.6) is 0 Å². The Kier molecular flexibility index (Phi) is 5.85. The zero-order valence-electron chi connectivity index (χ0n) is 25.8. The molecule has 0 amide bonds. The Morgan fingerprint density at radius 1 is 0.435 bits per heavy atom. The van der Waals surface area contributed by atoms with Crippen molar-refractivity contribution in [3.05, 3.63) is 163 Å². The van der Waals surface area contributed by atoms with Gasteiger partial charge in [-0.2, -0.15) is 0 Å². The minimum absolute atomic E-state index is 0.00524. The first-order valence-corrected chi connectivity index (χ1v) is 15.8. The Hall–Kier alpha value is -5.80. The van der Waals surface area contributed by atoms with Crippen LogP contribution in [0, 0.1) is 0 Å². The van der Waals surface area contributed by atoms with E-state index in [1.807, 2.05) is 12.1 Å². The summed E-state index contributed by atoms with van der Waals surface area (Å²) in [5, 5.41) is 2.37. The summed E-state index contributed by atoms with van der Waals surface area (Å²) in [6, 6.07) is 54.0. The number of para-hydroxylation sites is 1. The third-order valence-corrected chi connectivity index (χ3v) is 9.64. The summed E-state index contributed by atoms with van der Waals surface area (Å²) in [5.41, 5.74) is 14.0. The predicted octanol–water partition coefficient (Wildman–Crippen LogP) is 10.9. The molecule has 0 aliphatic heterocycles. The van der Waals surface area contributed by atoms with Crippen LogP contribution in [0.15, 0.2) is 152 Å². The number of benzene rings is 6. The molecule has 1 aliphatic carbocycles. The average molecular weight is 590 g/mol. The molecule has 2 heterocycles. The SMILES string of the molecule is CC1(C)c2ccccc2-c2cc(-c3ccc4c(c3)c3ccccc3n4-c3nc(-c4ccccc4)cc(-c4ccccc4)n3)ccc21. The van der Waals surface area contributed by atoms with Crippen LogP contribution < -0.4 is 0 Å². The molecule has 1 aliphatic rings. The molecule has 0 spiro atoms. The van der Waals surface area contributed by atoms with Crippen molar-refractivity contribution in [2.45, 2.75) is 19.3 Å². The number of fused-ring (bicyclic) bond motifs is 6. The number of aromatic nitrogens is 3. The van der Waals surface area contributed by atoms with Gasteiger partial charge in [0, 0.05) is 27.3 Å². The lowest BCUT2D eigenvalue weighted by molar-refractivity contribution is 0.660. The fourth-order valence-corrected chi connectivity index (χ4v) is 7.32. The van der Waals surface area contributed by atoms with Gasteiger partial charge >= 0.3 is 0 Å². The van der Waals surface area contributed by atoms with Gasteiger partial charge in [-0.05, 0) is 63.7 Å². The molecule has 0 atom stereocenters. The standard InChI is InChI=1S/C43H31N3/c1-43(2)36-19-11-9-17-32(36)34-25-30(21-23-37(34)43)31-22-24-41-35(26-31)33-18-10-12-20-40(33)46(41)42-44-38(28-13-5-3-6-14-28)27-39(45-42)29-15-7-4-8-16-29/h3-27H,1-2H3. The van der Waals surface area contributed by atoms with E-state index in [0.717, 1.165) is 33.5 Å². The fraction of sp³-hybridized carbons (Fsp3) is 0.0698. The minimum atomic E-state index is -0.00524. The van der Waals surface area contributed by atoms with Crippen LogP contribution in [0.1, 0.15) is 25.0 Å². The van der Waals surface area contributed by atoms with Crippen LogP contribution in [-0.2, 0) is 5.41 Å². The summed E-state index contributed by atoms with van der Waals surface area (Å²) in [5.74, 6) is 0.663. The Labute approximate surface area is 268 Å². The molecular formula is C43H31N3. The maximum Gasteiger partial charge on any atom is 0.235 e. The lowest BCUT2D eigenvalue weighted by Gasteiger charge is -2.21. The van der Waals surface area contributed by atoms with E-state index in [0.29, 0.717) is 5.95 Å². The van der Waals surface area contributed by atoms with Gasteiger partial charge in [-0.3, -0.25) is 4.57 Å². The first-order chi connectivity index (χ1) is 22.6. The third-order valence-electron chi connectivity index (χ3n) is 9.64. The number of rotatable bonds is 4. The van der Waals surface area contributed by atoms with E-state index in [-0.39, 0.29) is 5.41 Å². The summed E-state index contributed by atoms with van der Waals surface area (Å²) < 4.78 is 2.22. The lowest BCUT2D eigenvalue weighted by Crippen LogP contribution is -2.14. The van der Waals surface area contributed by atoms with Gasteiger partial charge in [0.2, 0.25) is 5.95 Å². The predicted molar refractivity (Wildman–Crippen MR) is 190 cm³/mol. The van der Waals surface area contributed by atoms with Gasteiger partial charge < -0.3 is 0 Å². The van der Waals surface area contributed by atoms with E-state index in [4.69, 9.17) is 9.97 Å². The number of hydrogen-bond donors (Lipinski definition) is 0. The molecule has 6 aromatic carbocycles. The van der Waals surface area contributed by atoms with Gasteiger partial charge in [-0.1, -0.05) is 135 Å². The van der Waals surface area contributed by atoms with Crippen molar-refractivity contribution in [2.24, 2.45) is 0 Å². The van der Waals surface area contributed by atoms with Crippen LogP contribution in [0.3, 0.4) is 0 Å². The van der Waals surface area contributed by atoms with Crippen molar-refractivity contribution in [3.8, 4) is 50.7 Å². The van der Waals surface area contributed by atoms with E-state index in [1.54, 1.807) is 0 Å². The zero-order valence-corrected chi connectivity index (χ0v) is 25.8. The largest absolute Gasteiger partial charge is 0.278 e. The summed E-state index contributed by atoms with van der Waals surface area (Å²) >= 11 is 0. The second-order valence-electron chi connectivity index (χ2n) is 12.7. The fourth-order valence-electron chi connectivity index (χ4n) is 7.32. The van der Waals surface area contributed by atoms with E-state index in [1.165, 1.54) is 44.2 Å². The van der Waals surface area contributed by atoms with Gasteiger partial charge in [0.25, 0.3) is 0 Å². The lowest BCUT2D eigenvalue weighted by atomic mass is 9.82. The van der Waals surface area contributed by atoms with Crippen LogP contribution in [0.4, 0.5) is 0 Å². The summed E-state index contributed by atoms with van der Waals surface area (Å²) in [6.07, 6.45) is 0. The highest BCUT2D eigenvalue weighted by atomic mass is 15.2. The van der Waals surface area contributed by atoms with Crippen molar-refractivity contribution in [2.75, 3.05) is 0 Å². The monoisotopic (exact) mass is 589 g/mol. The molecule has 2 aromatic heterocycles. The third kappa shape index (κ3) is 4.05. The van der Waals surface area contributed by atoms with Crippen LogP contribution in [-0.4, -0.2) is 14.5 Å². The second kappa shape index (κ2) is 10.1. The summed E-state index contributed by atoms with van der Waals surface area (Å²) in [4.78, 5) is 10.4. The van der Waals surface area contributed by atoms with Crippen LogP contribution >= 0.6 is 0 Å². The quantitative estimate of drug-likeness (QED) is 0.204. The van der Waals surface area contributed by atoms with Gasteiger partial charge in [0.1, 0.15) is 0 Å². The smallest absolute Gasteiger partial charge is 0.235 e. The molecule has 0 radical (unpaired) electrons. The zero-order chi connectivity index (χ0) is 30.8. The first-order valence-electron chi connectivity index (χ1n) is 15.8. The number of hydrogen-bond acceptors (Lipinski definition) is 2. The van der Waals surface area contributed by atoms with Gasteiger partial charge in [-0.25, -0.2) is 9.97 Å². The van der Waals surface area contributed by atoms with Crippen LogP contribution in [0.25, 0.3) is 72.5 Å². The van der Waals surface area contributed by atoms with Gasteiger partial charge in [0.15, 0.2) is 0 Å². The average Bonchev–Trinajstić information content (AvgIpc) is 3.57. The van der Waals surface area contributed by atoms with Crippen molar-refractivity contribution >= 4 is 21.8 Å². The van der Waals surface area contributed by atoms with Crippen molar-refractivity contribution in [3.63, 3.8) is 0 Å². The van der Waals surface area contributed by atoms with E-state index in [2.05, 4.69) is 158 Å². The van der Waals surface area contributed by atoms with Crippen molar-refractivity contribution in [1.29, 1.82) is 0 Å². The molecule has 0 fully saturated rings. The molecule has 0 N–H and O–H groups in total. The highest BCUT2D eigenvalue weighted by Gasteiger charge is 2.35. The highest BCUT2D eigenvalue weighted by Crippen LogP contribution is 2.49. The molecule has 0 bridgehead atoms. The summed E-state index contributed by atoms with van der Waals surface area (Å²) in [7, 11) is 0. The van der Waals surface area contributed by atoms with Crippen LogP contribution in [0.2, 0.25) is 0 Å². The molecule has 8 aromatic rings. The van der Waals surface area contributed by atoms with E-state index < -0.39 is 0 Å². The Morgan fingerprint density at radius 2 is 1.00 bits per heavy atom. The Morgan fingerprint density at radius 3 is 1.74 bits per heavy atom. The minimum Gasteiger partial charge on any atom is -0.278 e. The summed E-state index contributed by atoms with van der Waals surface area (Å²) in [6.45, 7) is 4.66. The van der Waals surface area contributed by atoms with Gasteiger partial charge in [0.05, 0.1) is 22.4 Å².